The van der Waals surface area contributed by atoms with Crippen LogP contribution in [-0.4, -0.2) is 9.97 Å². The van der Waals surface area contributed by atoms with Gasteiger partial charge in [0, 0.05) is 16.8 Å². The standard InChI is InChI=1S/C47H33N3/c1-4-16-34(17-5-1)35-30-32-38(33-31-35)50-43-26-12-10-22-39(43)47(40-23-11-13-27-44(40)50,45-28-14-24-41(48-45)36-18-6-2-7-19-36)46-29-15-25-42(49-46)37-20-8-3-9-21-37/h1-33H. The Hall–Kier alpha value is -6.58. The lowest BCUT2D eigenvalue weighted by atomic mass is 9.65. The van der Waals surface area contributed by atoms with Crippen molar-refractivity contribution in [3.63, 3.8) is 0 Å². The summed E-state index contributed by atoms with van der Waals surface area (Å²) in [5.74, 6) is 0. The van der Waals surface area contributed by atoms with Crippen LogP contribution >= 0.6 is 0 Å². The maximum Gasteiger partial charge on any atom is 0.109 e. The molecule has 3 nitrogen and oxygen atoms in total. The maximum absolute atomic E-state index is 5.50. The Morgan fingerprint density at radius 2 is 0.720 bits per heavy atom. The van der Waals surface area contributed by atoms with Gasteiger partial charge >= 0.3 is 0 Å². The Labute approximate surface area is 292 Å². The summed E-state index contributed by atoms with van der Waals surface area (Å²) < 4.78 is 0. The van der Waals surface area contributed by atoms with Crippen molar-refractivity contribution in [2.45, 2.75) is 5.41 Å². The molecule has 0 saturated carbocycles. The molecule has 1 aliphatic rings. The molecule has 0 spiro atoms. The van der Waals surface area contributed by atoms with E-state index in [9.17, 15) is 0 Å². The van der Waals surface area contributed by atoms with E-state index in [-0.39, 0.29) is 0 Å². The first-order chi connectivity index (χ1) is 24.8. The van der Waals surface area contributed by atoms with Gasteiger partial charge in [-0.25, -0.2) is 0 Å². The molecule has 6 aromatic carbocycles. The second-order valence-electron chi connectivity index (χ2n) is 12.6. The van der Waals surface area contributed by atoms with Gasteiger partial charge in [0.1, 0.15) is 5.41 Å². The quantitative estimate of drug-likeness (QED) is 0.181. The minimum absolute atomic E-state index is 0.816. The van der Waals surface area contributed by atoms with Gasteiger partial charge in [-0.05, 0) is 70.8 Å². The molecule has 1 aliphatic heterocycles. The molecule has 0 amide bonds. The number of aromatic nitrogens is 2. The molecule has 0 N–H and O–H groups in total. The fourth-order valence-corrected chi connectivity index (χ4v) is 7.47. The van der Waals surface area contributed by atoms with Crippen LogP contribution in [0.25, 0.3) is 33.6 Å². The Bertz CT molecular complexity index is 2290. The molecular formula is C47H33N3. The van der Waals surface area contributed by atoms with Gasteiger partial charge < -0.3 is 4.90 Å². The van der Waals surface area contributed by atoms with Gasteiger partial charge in [-0.15, -0.1) is 0 Å². The summed E-state index contributed by atoms with van der Waals surface area (Å²) in [6, 6.07) is 70.6. The average molecular weight is 640 g/mol. The average Bonchev–Trinajstić information content (AvgIpc) is 3.21. The summed E-state index contributed by atoms with van der Waals surface area (Å²) in [7, 11) is 0. The lowest BCUT2D eigenvalue weighted by molar-refractivity contribution is 0.679. The van der Waals surface area contributed by atoms with Gasteiger partial charge in [0.25, 0.3) is 0 Å². The van der Waals surface area contributed by atoms with Crippen molar-refractivity contribution in [2.75, 3.05) is 4.90 Å². The minimum Gasteiger partial charge on any atom is -0.310 e. The zero-order valence-corrected chi connectivity index (χ0v) is 27.4. The van der Waals surface area contributed by atoms with Crippen LogP contribution < -0.4 is 4.90 Å². The smallest absolute Gasteiger partial charge is 0.109 e. The summed E-state index contributed by atoms with van der Waals surface area (Å²) in [4.78, 5) is 13.4. The summed E-state index contributed by atoms with van der Waals surface area (Å²) >= 11 is 0. The van der Waals surface area contributed by atoms with E-state index in [0.717, 1.165) is 62.1 Å². The van der Waals surface area contributed by atoms with Crippen molar-refractivity contribution in [1.29, 1.82) is 0 Å². The van der Waals surface area contributed by atoms with Crippen LogP contribution in [0.3, 0.4) is 0 Å². The number of rotatable bonds is 6. The third-order valence-corrected chi connectivity index (χ3v) is 9.74. The number of benzene rings is 6. The Balaban J connectivity index is 1.32. The lowest BCUT2D eigenvalue weighted by Crippen LogP contribution is -2.39. The van der Waals surface area contributed by atoms with E-state index in [1.54, 1.807) is 0 Å². The first kappa shape index (κ1) is 29.6. The number of hydrogen-bond acceptors (Lipinski definition) is 3. The molecule has 0 aliphatic carbocycles. The minimum atomic E-state index is -0.816. The van der Waals surface area contributed by atoms with Crippen LogP contribution in [0, 0.1) is 0 Å². The van der Waals surface area contributed by atoms with Gasteiger partial charge in [0.2, 0.25) is 0 Å². The van der Waals surface area contributed by atoms with Crippen LogP contribution in [0.2, 0.25) is 0 Å². The zero-order valence-electron chi connectivity index (χ0n) is 27.4. The van der Waals surface area contributed by atoms with E-state index in [4.69, 9.17) is 9.97 Å². The molecule has 0 atom stereocenters. The van der Waals surface area contributed by atoms with Crippen molar-refractivity contribution in [1.82, 2.24) is 9.97 Å². The van der Waals surface area contributed by atoms with Gasteiger partial charge in [0.15, 0.2) is 0 Å². The van der Waals surface area contributed by atoms with Gasteiger partial charge in [-0.2, -0.15) is 0 Å². The Kier molecular flexibility index (Phi) is 7.37. The molecule has 0 bridgehead atoms. The van der Waals surface area contributed by atoms with Crippen LogP contribution in [0.5, 0.6) is 0 Å². The fraction of sp³-hybridized carbons (Fsp3) is 0.0213. The molecule has 8 aromatic rings. The topological polar surface area (TPSA) is 29.0 Å². The second-order valence-corrected chi connectivity index (χ2v) is 12.6. The van der Waals surface area contributed by atoms with Crippen molar-refractivity contribution < 1.29 is 0 Å². The van der Waals surface area contributed by atoms with Gasteiger partial charge in [0.05, 0.1) is 34.2 Å². The SMILES string of the molecule is c1ccc(-c2ccc(N3c4ccccc4C(c4cccc(-c5ccccc5)n4)(c4cccc(-c5ccccc5)n4)c4ccccc43)cc2)cc1. The highest BCUT2D eigenvalue weighted by Gasteiger charge is 2.48. The third kappa shape index (κ3) is 4.91. The molecule has 9 rings (SSSR count). The van der Waals surface area contributed by atoms with Crippen LogP contribution in [-0.2, 0) is 5.41 Å². The lowest BCUT2D eigenvalue weighted by Gasteiger charge is -2.45. The number of hydrogen-bond donors (Lipinski definition) is 0. The highest BCUT2D eigenvalue weighted by atomic mass is 15.2. The van der Waals surface area contributed by atoms with Crippen LogP contribution in [0.15, 0.2) is 200 Å². The van der Waals surface area contributed by atoms with E-state index in [0.29, 0.717) is 0 Å². The predicted molar refractivity (Wildman–Crippen MR) is 205 cm³/mol. The molecule has 0 unspecified atom stereocenters. The highest BCUT2D eigenvalue weighted by Crippen LogP contribution is 2.57. The van der Waals surface area contributed by atoms with Crippen molar-refractivity contribution in [3.8, 4) is 33.6 Å². The van der Waals surface area contributed by atoms with E-state index in [2.05, 4.69) is 193 Å². The number of pyridine rings is 2. The largest absolute Gasteiger partial charge is 0.310 e. The summed E-state index contributed by atoms with van der Waals surface area (Å²) in [6.45, 7) is 0. The molecule has 0 radical (unpaired) electrons. The molecule has 3 heteroatoms. The zero-order chi connectivity index (χ0) is 33.3. The summed E-state index contributed by atoms with van der Waals surface area (Å²) in [5, 5.41) is 0. The molecule has 3 heterocycles. The van der Waals surface area contributed by atoms with Crippen molar-refractivity contribution in [3.05, 3.63) is 223 Å². The third-order valence-electron chi connectivity index (χ3n) is 9.74. The van der Waals surface area contributed by atoms with E-state index < -0.39 is 5.41 Å². The van der Waals surface area contributed by atoms with Gasteiger partial charge in [-0.3, -0.25) is 9.97 Å². The molecule has 0 fully saturated rings. The van der Waals surface area contributed by atoms with E-state index in [1.807, 2.05) is 12.1 Å². The van der Waals surface area contributed by atoms with E-state index in [1.165, 1.54) is 11.1 Å². The molecule has 236 valence electrons. The van der Waals surface area contributed by atoms with Crippen molar-refractivity contribution in [2.24, 2.45) is 0 Å². The molecule has 2 aromatic heterocycles. The van der Waals surface area contributed by atoms with Crippen molar-refractivity contribution >= 4 is 17.1 Å². The molecule has 0 saturated heterocycles. The van der Waals surface area contributed by atoms with Crippen LogP contribution in [0.4, 0.5) is 17.1 Å². The molecular weight excluding hydrogens is 607 g/mol. The Morgan fingerprint density at radius 3 is 1.20 bits per heavy atom. The second kappa shape index (κ2) is 12.5. The number of fused-ring (bicyclic) bond motifs is 2. The number of para-hydroxylation sites is 2. The fourth-order valence-electron chi connectivity index (χ4n) is 7.47. The first-order valence-corrected chi connectivity index (χ1v) is 17.0. The monoisotopic (exact) mass is 639 g/mol. The van der Waals surface area contributed by atoms with Crippen LogP contribution in [0.1, 0.15) is 22.5 Å². The van der Waals surface area contributed by atoms with Gasteiger partial charge in [-0.1, -0.05) is 152 Å². The highest BCUT2D eigenvalue weighted by molar-refractivity contribution is 5.89. The Morgan fingerprint density at radius 1 is 0.320 bits per heavy atom. The first-order valence-electron chi connectivity index (χ1n) is 17.0. The number of anilines is 3. The predicted octanol–water partition coefficient (Wildman–Crippen LogP) is 11.6. The summed E-state index contributed by atoms with van der Waals surface area (Å²) in [5.41, 5.74) is 13.0. The van der Waals surface area contributed by atoms with E-state index >= 15 is 0 Å². The summed E-state index contributed by atoms with van der Waals surface area (Å²) in [6.07, 6.45) is 0. The number of nitrogens with zero attached hydrogens (tertiary/aromatic N) is 3. The molecule has 50 heavy (non-hydrogen) atoms. The normalized spacial score (nSPS) is 12.9. The maximum atomic E-state index is 5.50.